The predicted octanol–water partition coefficient (Wildman–Crippen LogP) is 6.77. The average molecular weight is 594 g/mol. The van der Waals surface area contributed by atoms with E-state index in [1.54, 1.807) is 23.1 Å². The molecular formula is C27H27BrCl2N2O2S. The van der Waals surface area contributed by atoms with Crippen molar-refractivity contribution in [3.05, 3.63) is 104 Å². The molecule has 1 atom stereocenters. The molecule has 3 aromatic rings. The van der Waals surface area contributed by atoms with Crippen LogP contribution < -0.4 is 5.32 Å². The smallest absolute Gasteiger partial charge is 0.243 e. The van der Waals surface area contributed by atoms with Gasteiger partial charge >= 0.3 is 0 Å². The number of rotatable bonds is 11. The molecule has 0 fully saturated rings. The zero-order chi connectivity index (χ0) is 25.2. The summed E-state index contributed by atoms with van der Waals surface area (Å²) in [5, 5.41) is 3.82. The summed E-state index contributed by atoms with van der Waals surface area (Å²) >= 11 is 17.9. The van der Waals surface area contributed by atoms with Crippen LogP contribution in [0.5, 0.6) is 0 Å². The van der Waals surface area contributed by atoms with E-state index in [1.807, 2.05) is 61.5 Å². The number of carbonyl (C=O) groups excluding carboxylic acids is 2. The molecule has 0 saturated heterocycles. The molecule has 0 unspecified atom stereocenters. The molecular weight excluding hydrogens is 567 g/mol. The lowest BCUT2D eigenvalue weighted by molar-refractivity contribution is -0.139. The number of thioether (sulfide) groups is 1. The first-order chi connectivity index (χ1) is 16.9. The molecule has 3 rings (SSSR count). The number of amides is 2. The molecule has 0 spiro atoms. The molecule has 0 aliphatic heterocycles. The molecule has 0 aromatic heterocycles. The lowest BCUT2D eigenvalue weighted by Crippen LogP contribution is -2.51. The SMILES string of the molecule is CCNC(=O)[C@H](Cc1ccccc1)N(Cc1c(Cl)cccc1Cl)C(=O)CSCc1ccc(Br)cc1. The minimum absolute atomic E-state index is 0.143. The van der Waals surface area contributed by atoms with Crippen molar-refractivity contribution in [3.8, 4) is 0 Å². The van der Waals surface area contributed by atoms with Crippen molar-refractivity contribution < 1.29 is 9.59 Å². The Labute approximate surface area is 229 Å². The predicted molar refractivity (Wildman–Crippen MR) is 150 cm³/mol. The van der Waals surface area contributed by atoms with Gasteiger partial charge in [-0.1, -0.05) is 87.7 Å². The third kappa shape index (κ3) is 8.28. The number of benzene rings is 3. The van der Waals surface area contributed by atoms with E-state index in [9.17, 15) is 9.59 Å². The Morgan fingerprint density at radius 3 is 2.23 bits per heavy atom. The average Bonchev–Trinajstić information content (AvgIpc) is 2.85. The second-order valence-corrected chi connectivity index (χ2v) is 10.7. The number of hydrogen-bond acceptors (Lipinski definition) is 3. The molecule has 0 heterocycles. The monoisotopic (exact) mass is 592 g/mol. The van der Waals surface area contributed by atoms with Crippen LogP contribution in [0.25, 0.3) is 0 Å². The van der Waals surface area contributed by atoms with Crippen molar-refractivity contribution in [3.63, 3.8) is 0 Å². The third-order valence-electron chi connectivity index (χ3n) is 5.42. The fourth-order valence-corrected chi connectivity index (χ4v) is 5.27. The maximum Gasteiger partial charge on any atom is 0.243 e. The van der Waals surface area contributed by atoms with E-state index in [0.717, 1.165) is 15.6 Å². The van der Waals surface area contributed by atoms with Gasteiger partial charge in [-0.25, -0.2) is 0 Å². The summed E-state index contributed by atoms with van der Waals surface area (Å²) < 4.78 is 1.01. The van der Waals surface area contributed by atoms with E-state index in [1.165, 1.54) is 11.8 Å². The Morgan fingerprint density at radius 2 is 1.60 bits per heavy atom. The van der Waals surface area contributed by atoms with Crippen LogP contribution in [-0.4, -0.2) is 35.1 Å². The van der Waals surface area contributed by atoms with Crippen LogP contribution >= 0.6 is 50.9 Å². The number of halogens is 3. The van der Waals surface area contributed by atoms with Crippen molar-refractivity contribution in [2.24, 2.45) is 0 Å². The number of carbonyl (C=O) groups is 2. The summed E-state index contributed by atoms with van der Waals surface area (Å²) in [6, 6.07) is 22.2. The first kappa shape index (κ1) is 27.6. The highest BCUT2D eigenvalue weighted by Crippen LogP contribution is 2.28. The minimum atomic E-state index is -0.703. The highest BCUT2D eigenvalue weighted by atomic mass is 79.9. The molecule has 1 N–H and O–H groups in total. The van der Waals surface area contributed by atoms with Crippen molar-refractivity contribution >= 4 is 62.7 Å². The normalized spacial score (nSPS) is 11.7. The highest BCUT2D eigenvalue weighted by Gasteiger charge is 2.31. The summed E-state index contributed by atoms with van der Waals surface area (Å²) in [6.45, 7) is 2.48. The van der Waals surface area contributed by atoms with Gasteiger partial charge in [-0.15, -0.1) is 11.8 Å². The van der Waals surface area contributed by atoms with Crippen LogP contribution in [0.15, 0.2) is 77.3 Å². The van der Waals surface area contributed by atoms with Crippen LogP contribution in [0.2, 0.25) is 10.0 Å². The van der Waals surface area contributed by atoms with E-state index in [0.29, 0.717) is 34.3 Å². The van der Waals surface area contributed by atoms with Crippen LogP contribution in [0.3, 0.4) is 0 Å². The highest BCUT2D eigenvalue weighted by molar-refractivity contribution is 9.10. The Hall–Kier alpha value is -1.99. The molecule has 35 heavy (non-hydrogen) atoms. The first-order valence-electron chi connectivity index (χ1n) is 11.2. The summed E-state index contributed by atoms with van der Waals surface area (Å²) in [6.07, 6.45) is 0.387. The molecule has 3 aromatic carbocycles. The molecule has 8 heteroatoms. The molecule has 0 saturated carbocycles. The number of hydrogen-bond donors (Lipinski definition) is 1. The standard InChI is InChI=1S/C27H27BrCl2N2O2S/c1-2-31-27(34)25(15-19-7-4-3-5-8-19)32(16-22-23(29)9-6-10-24(22)30)26(33)18-35-17-20-11-13-21(28)14-12-20/h3-14,25H,2,15-18H2,1H3,(H,31,34)/t25-/m0/s1. The van der Waals surface area contributed by atoms with Gasteiger partial charge in [0.25, 0.3) is 0 Å². The number of nitrogens with zero attached hydrogens (tertiary/aromatic N) is 1. The molecule has 184 valence electrons. The molecule has 0 aliphatic rings. The van der Waals surface area contributed by atoms with E-state index in [4.69, 9.17) is 23.2 Å². The summed E-state index contributed by atoms with van der Waals surface area (Å²) in [5.41, 5.74) is 2.72. The van der Waals surface area contributed by atoms with E-state index in [-0.39, 0.29) is 24.1 Å². The van der Waals surface area contributed by atoms with Gasteiger partial charge in [0.05, 0.1) is 5.75 Å². The Kier molecular flexibility index (Phi) is 11.0. The van der Waals surface area contributed by atoms with Crippen LogP contribution in [-0.2, 0) is 28.3 Å². The van der Waals surface area contributed by atoms with Gasteiger partial charge in [0.2, 0.25) is 11.8 Å². The van der Waals surface area contributed by atoms with E-state index in [2.05, 4.69) is 21.2 Å². The van der Waals surface area contributed by atoms with Gasteiger partial charge in [0, 0.05) is 45.3 Å². The number of likely N-dealkylation sites (N-methyl/N-ethyl adjacent to an activating group) is 1. The van der Waals surface area contributed by atoms with Crippen LogP contribution in [0.4, 0.5) is 0 Å². The zero-order valence-electron chi connectivity index (χ0n) is 19.3. The maximum atomic E-state index is 13.6. The van der Waals surface area contributed by atoms with Gasteiger partial charge < -0.3 is 10.2 Å². The topological polar surface area (TPSA) is 49.4 Å². The van der Waals surface area contributed by atoms with Crippen LogP contribution in [0, 0.1) is 0 Å². The minimum Gasteiger partial charge on any atom is -0.355 e. The second kappa shape index (κ2) is 13.9. The fraction of sp³-hybridized carbons (Fsp3) is 0.259. The summed E-state index contributed by atoms with van der Waals surface area (Å²) in [7, 11) is 0. The van der Waals surface area contributed by atoms with Gasteiger partial charge in [0.1, 0.15) is 6.04 Å². The molecule has 0 radical (unpaired) electrons. The molecule has 0 bridgehead atoms. The second-order valence-electron chi connectivity index (χ2n) is 7.94. The molecule has 2 amide bonds. The first-order valence-corrected chi connectivity index (χ1v) is 14.0. The van der Waals surface area contributed by atoms with Crippen molar-refractivity contribution in [2.45, 2.75) is 31.7 Å². The van der Waals surface area contributed by atoms with E-state index >= 15 is 0 Å². The summed E-state index contributed by atoms with van der Waals surface area (Å²) in [4.78, 5) is 28.4. The quantitative estimate of drug-likeness (QED) is 0.267. The fourth-order valence-electron chi connectivity index (χ4n) is 3.62. The molecule has 4 nitrogen and oxygen atoms in total. The molecule has 0 aliphatic carbocycles. The lowest BCUT2D eigenvalue weighted by atomic mass is 10.0. The van der Waals surface area contributed by atoms with Gasteiger partial charge in [0.15, 0.2) is 0 Å². The maximum absolute atomic E-state index is 13.6. The largest absolute Gasteiger partial charge is 0.355 e. The Morgan fingerprint density at radius 1 is 0.943 bits per heavy atom. The van der Waals surface area contributed by atoms with Crippen molar-refractivity contribution in [1.82, 2.24) is 10.2 Å². The van der Waals surface area contributed by atoms with Crippen molar-refractivity contribution in [2.75, 3.05) is 12.3 Å². The van der Waals surface area contributed by atoms with Gasteiger partial charge in [-0.05, 0) is 42.3 Å². The Bertz CT molecular complexity index is 1110. The summed E-state index contributed by atoms with van der Waals surface area (Å²) in [5.74, 6) is 0.564. The van der Waals surface area contributed by atoms with Crippen LogP contribution in [0.1, 0.15) is 23.6 Å². The Balaban J connectivity index is 1.86. The third-order valence-corrected chi connectivity index (χ3v) is 7.65. The lowest BCUT2D eigenvalue weighted by Gasteiger charge is -2.32. The van der Waals surface area contributed by atoms with E-state index < -0.39 is 6.04 Å². The zero-order valence-corrected chi connectivity index (χ0v) is 23.3. The van der Waals surface area contributed by atoms with Gasteiger partial charge in [-0.2, -0.15) is 0 Å². The number of nitrogens with one attached hydrogen (secondary N) is 1. The van der Waals surface area contributed by atoms with Crippen molar-refractivity contribution in [1.29, 1.82) is 0 Å². The van der Waals surface area contributed by atoms with Gasteiger partial charge in [-0.3, -0.25) is 9.59 Å².